The summed E-state index contributed by atoms with van der Waals surface area (Å²) in [6.45, 7) is 7.25. The molecular formula is C15H25FN2. The predicted octanol–water partition coefficient (Wildman–Crippen LogP) is 3.21. The monoisotopic (exact) mass is 252 g/mol. The van der Waals surface area contributed by atoms with Gasteiger partial charge in [0.05, 0.1) is 0 Å². The van der Waals surface area contributed by atoms with Gasteiger partial charge in [-0.1, -0.05) is 25.1 Å². The summed E-state index contributed by atoms with van der Waals surface area (Å²) in [4.78, 5) is 2.17. The molecule has 18 heavy (non-hydrogen) atoms. The molecule has 0 aliphatic carbocycles. The van der Waals surface area contributed by atoms with E-state index >= 15 is 0 Å². The van der Waals surface area contributed by atoms with E-state index in [0.717, 1.165) is 18.5 Å². The number of nitrogens with zero attached hydrogens (tertiary/aromatic N) is 1. The van der Waals surface area contributed by atoms with E-state index in [9.17, 15) is 4.39 Å². The molecule has 0 heterocycles. The van der Waals surface area contributed by atoms with Gasteiger partial charge in [-0.25, -0.2) is 4.39 Å². The highest BCUT2D eigenvalue weighted by Gasteiger charge is 2.22. The minimum atomic E-state index is -0.125. The lowest BCUT2D eigenvalue weighted by Crippen LogP contribution is -2.47. The summed E-state index contributed by atoms with van der Waals surface area (Å²) in [6.07, 6.45) is 0.879. The maximum atomic E-state index is 13.8. The van der Waals surface area contributed by atoms with Crippen molar-refractivity contribution in [2.24, 2.45) is 0 Å². The predicted molar refractivity (Wildman–Crippen MR) is 75.2 cm³/mol. The number of benzene rings is 1. The van der Waals surface area contributed by atoms with Crippen LogP contribution >= 0.6 is 0 Å². The van der Waals surface area contributed by atoms with Crippen LogP contribution in [0.25, 0.3) is 0 Å². The smallest absolute Gasteiger partial charge is 0.127 e. The summed E-state index contributed by atoms with van der Waals surface area (Å²) < 4.78 is 13.8. The van der Waals surface area contributed by atoms with Crippen LogP contribution in [0, 0.1) is 5.82 Å². The minimum absolute atomic E-state index is 0.0542. The van der Waals surface area contributed by atoms with Crippen molar-refractivity contribution in [1.29, 1.82) is 0 Å². The molecule has 1 aromatic rings. The highest BCUT2D eigenvalue weighted by atomic mass is 19.1. The third kappa shape index (κ3) is 3.79. The normalized spacial score (nSPS) is 13.9. The van der Waals surface area contributed by atoms with Crippen molar-refractivity contribution in [2.45, 2.75) is 38.8 Å². The van der Waals surface area contributed by atoms with Gasteiger partial charge in [0.2, 0.25) is 0 Å². The second-order valence-electron chi connectivity index (χ2n) is 5.57. The molecule has 1 aromatic carbocycles. The highest BCUT2D eigenvalue weighted by Crippen LogP contribution is 2.21. The van der Waals surface area contributed by atoms with E-state index in [0.29, 0.717) is 0 Å². The van der Waals surface area contributed by atoms with Crippen molar-refractivity contribution in [3.8, 4) is 0 Å². The lowest BCUT2D eigenvalue weighted by molar-refractivity contribution is 0.183. The number of hydrogen-bond donors (Lipinski definition) is 1. The van der Waals surface area contributed by atoms with Crippen molar-refractivity contribution < 1.29 is 4.39 Å². The summed E-state index contributed by atoms with van der Waals surface area (Å²) in [5.74, 6) is -0.125. The Morgan fingerprint density at radius 3 is 2.39 bits per heavy atom. The summed E-state index contributed by atoms with van der Waals surface area (Å²) in [5, 5.41) is 3.47. The molecule has 1 atom stereocenters. The molecule has 3 heteroatoms. The number of halogens is 1. The molecule has 0 aromatic heterocycles. The summed E-state index contributed by atoms with van der Waals surface area (Å²) in [7, 11) is 4.12. The molecule has 102 valence electrons. The molecule has 1 unspecified atom stereocenters. The minimum Gasteiger partial charge on any atom is -0.308 e. The van der Waals surface area contributed by atoms with Gasteiger partial charge in [-0.15, -0.1) is 0 Å². The quantitative estimate of drug-likeness (QED) is 0.836. The third-order valence-electron chi connectivity index (χ3n) is 3.68. The van der Waals surface area contributed by atoms with Crippen LogP contribution in [-0.2, 0) is 0 Å². The molecule has 0 aliphatic heterocycles. The molecule has 0 aliphatic rings. The van der Waals surface area contributed by atoms with Crippen LogP contribution in [-0.4, -0.2) is 31.1 Å². The van der Waals surface area contributed by atoms with Crippen molar-refractivity contribution in [3.63, 3.8) is 0 Å². The molecule has 0 saturated heterocycles. The third-order valence-corrected chi connectivity index (χ3v) is 3.68. The fourth-order valence-corrected chi connectivity index (χ4v) is 1.76. The van der Waals surface area contributed by atoms with Crippen LogP contribution in [0.4, 0.5) is 4.39 Å². The molecule has 0 amide bonds. The van der Waals surface area contributed by atoms with Crippen LogP contribution in [0.1, 0.15) is 38.8 Å². The maximum absolute atomic E-state index is 13.8. The molecule has 0 bridgehead atoms. The molecule has 0 spiro atoms. The zero-order chi connectivity index (χ0) is 13.8. The van der Waals surface area contributed by atoms with Gasteiger partial charge in [0.1, 0.15) is 5.82 Å². The largest absolute Gasteiger partial charge is 0.308 e. The Hall–Kier alpha value is -0.930. The zero-order valence-corrected chi connectivity index (χ0v) is 12.1. The first-order valence-corrected chi connectivity index (χ1v) is 6.53. The first-order chi connectivity index (χ1) is 8.38. The second kappa shape index (κ2) is 6.30. The van der Waals surface area contributed by atoms with Gasteiger partial charge in [-0.05, 0) is 40.4 Å². The Bertz CT molecular complexity index is 375. The maximum Gasteiger partial charge on any atom is 0.127 e. The van der Waals surface area contributed by atoms with Crippen LogP contribution in [0.3, 0.4) is 0 Å². The summed E-state index contributed by atoms with van der Waals surface area (Å²) in [6, 6.07) is 7.08. The lowest BCUT2D eigenvalue weighted by atomic mass is 10.00. The molecule has 0 saturated carbocycles. The lowest BCUT2D eigenvalue weighted by Gasteiger charge is -2.34. The first-order valence-electron chi connectivity index (χ1n) is 6.53. The summed E-state index contributed by atoms with van der Waals surface area (Å²) in [5.41, 5.74) is 0.813. The first kappa shape index (κ1) is 15.1. The van der Waals surface area contributed by atoms with Gasteiger partial charge >= 0.3 is 0 Å². The van der Waals surface area contributed by atoms with Crippen LogP contribution in [0.2, 0.25) is 0 Å². The molecule has 1 N–H and O–H groups in total. The van der Waals surface area contributed by atoms with E-state index < -0.39 is 0 Å². The zero-order valence-electron chi connectivity index (χ0n) is 12.1. The van der Waals surface area contributed by atoms with Crippen molar-refractivity contribution >= 4 is 0 Å². The van der Waals surface area contributed by atoms with Gasteiger partial charge in [0, 0.05) is 23.7 Å². The molecule has 0 radical (unpaired) electrons. The standard InChI is InChI=1S/C15H25FN2/c1-6-14(12-9-7-8-10-13(12)16)17-11-15(2,3)18(4)5/h7-10,14,17H,6,11H2,1-5H3. The fourth-order valence-electron chi connectivity index (χ4n) is 1.76. The number of likely N-dealkylation sites (N-methyl/N-ethyl adjacent to an activating group) is 1. The van der Waals surface area contributed by atoms with E-state index in [-0.39, 0.29) is 17.4 Å². The van der Waals surface area contributed by atoms with Crippen LogP contribution in [0.5, 0.6) is 0 Å². The average molecular weight is 252 g/mol. The topological polar surface area (TPSA) is 15.3 Å². The van der Waals surface area contributed by atoms with Gasteiger partial charge in [0.25, 0.3) is 0 Å². The molecule has 0 fully saturated rings. The molecular weight excluding hydrogens is 227 g/mol. The van der Waals surface area contributed by atoms with Gasteiger partial charge in [-0.2, -0.15) is 0 Å². The Morgan fingerprint density at radius 1 is 1.28 bits per heavy atom. The molecule has 1 rings (SSSR count). The van der Waals surface area contributed by atoms with E-state index in [1.165, 1.54) is 6.07 Å². The van der Waals surface area contributed by atoms with Gasteiger partial charge in [0.15, 0.2) is 0 Å². The van der Waals surface area contributed by atoms with Crippen molar-refractivity contribution in [1.82, 2.24) is 10.2 Å². The fraction of sp³-hybridized carbons (Fsp3) is 0.600. The van der Waals surface area contributed by atoms with Crippen molar-refractivity contribution in [3.05, 3.63) is 35.6 Å². The summed E-state index contributed by atoms with van der Waals surface area (Å²) >= 11 is 0. The van der Waals surface area contributed by atoms with E-state index in [1.807, 2.05) is 12.1 Å². The van der Waals surface area contributed by atoms with E-state index in [1.54, 1.807) is 6.07 Å². The second-order valence-corrected chi connectivity index (χ2v) is 5.57. The van der Waals surface area contributed by atoms with Gasteiger partial charge < -0.3 is 10.2 Å². The Kier molecular flexibility index (Phi) is 5.29. The van der Waals surface area contributed by atoms with Gasteiger partial charge in [-0.3, -0.25) is 0 Å². The van der Waals surface area contributed by atoms with Crippen LogP contribution < -0.4 is 5.32 Å². The van der Waals surface area contributed by atoms with E-state index in [2.05, 4.69) is 45.1 Å². The van der Waals surface area contributed by atoms with Crippen LogP contribution in [0.15, 0.2) is 24.3 Å². The average Bonchev–Trinajstić information content (AvgIpc) is 2.31. The number of rotatable bonds is 6. The SMILES string of the molecule is CCC(NCC(C)(C)N(C)C)c1ccccc1F. The number of nitrogens with one attached hydrogen (secondary N) is 1. The molecule has 2 nitrogen and oxygen atoms in total. The van der Waals surface area contributed by atoms with E-state index in [4.69, 9.17) is 0 Å². The Morgan fingerprint density at radius 2 is 1.89 bits per heavy atom. The Balaban J connectivity index is 2.72. The van der Waals surface area contributed by atoms with Crippen molar-refractivity contribution in [2.75, 3.05) is 20.6 Å². The highest BCUT2D eigenvalue weighted by molar-refractivity contribution is 5.21. The Labute approximate surface area is 110 Å². The number of hydrogen-bond acceptors (Lipinski definition) is 2.